The topological polar surface area (TPSA) is 32.7 Å². The first-order chi connectivity index (χ1) is 8.95. The monoisotopic (exact) mass is 285 g/mol. The number of anilines is 1. The summed E-state index contributed by atoms with van der Waals surface area (Å²) >= 11 is 6.22. The molecule has 0 heterocycles. The molecule has 0 amide bonds. The van der Waals surface area contributed by atoms with Crippen molar-refractivity contribution in [2.75, 3.05) is 31.7 Å². The van der Waals surface area contributed by atoms with Gasteiger partial charge in [-0.3, -0.25) is 0 Å². The molecule has 1 N–H and O–H groups in total. The number of rotatable bonds is 7. The molecule has 3 nitrogen and oxygen atoms in total. The molecule has 0 aromatic heterocycles. The van der Waals surface area contributed by atoms with E-state index in [1.807, 2.05) is 18.2 Å². The maximum absolute atomic E-state index is 9.60. The maximum atomic E-state index is 9.60. The summed E-state index contributed by atoms with van der Waals surface area (Å²) in [7, 11) is 1.71. The normalized spacial score (nSPS) is 12.8. The molecule has 4 heteroatoms. The van der Waals surface area contributed by atoms with Crippen LogP contribution in [0.1, 0.15) is 32.4 Å². The molecular weight excluding hydrogens is 262 g/mol. The van der Waals surface area contributed by atoms with Gasteiger partial charge in [-0.1, -0.05) is 31.5 Å². The zero-order valence-corrected chi connectivity index (χ0v) is 12.9. The Morgan fingerprint density at radius 2 is 2.00 bits per heavy atom. The molecule has 0 aliphatic rings. The molecule has 0 saturated carbocycles. The fourth-order valence-corrected chi connectivity index (χ4v) is 2.35. The number of aliphatic hydroxyl groups is 1. The van der Waals surface area contributed by atoms with Crippen LogP contribution in [0, 0.1) is 5.92 Å². The molecular formula is C15H24ClNO2. The number of aliphatic hydroxyl groups excluding tert-OH is 1. The third-order valence-corrected chi connectivity index (χ3v) is 3.28. The first kappa shape index (κ1) is 16.3. The van der Waals surface area contributed by atoms with E-state index in [4.69, 9.17) is 16.3 Å². The van der Waals surface area contributed by atoms with Gasteiger partial charge in [0.2, 0.25) is 0 Å². The molecule has 0 saturated heterocycles. The second kappa shape index (κ2) is 7.73. The summed E-state index contributed by atoms with van der Waals surface area (Å²) in [5, 5.41) is 10.2. The van der Waals surface area contributed by atoms with Crippen LogP contribution in [0.2, 0.25) is 5.02 Å². The summed E-state index contributed by atoms with van der Waals surface area (Å²) in [5.74, 6) is 0.562. The van der Waals surface area contributed by atoms with Crippen LogP contribution in [0.3, 0.4) is 0 Å². The molecule has 0 aliphatic heterocycles. The van der Waals surface area contributed by atoms with E-state index < -0.39 is 6.10 Å². The largest absolute Gasteiger partial charge is 0.389 e. The lowest BCUT2D eigenvalue weighted by Gasteiger charge is -2.27. The highest BCUT2D eigenvalue weighted by molar-refractivity contribution is 6.31. The van der Waals surface area contributed by atoms with Gasteiger partial charge in [0.25, 0.3) is 0 Å². The van der Waals surface area contributed by atoms with Crippen molar-refractivity contribution in [3.63, 3.8) is 0 Å². The fourth-order valence-electron chi connectivity index (χ4n) is 2.02. The highest BCUT2D eigenvalue weighted by atomic mass is 35.5. The van der Waals surface area contributed by atoms with Crippen LogP contribution in [0.4, 0.5) is 5.69 Å². The highest BCUT2D eigenvalue weighted by Crippen LogP contribution is 2.28. The van der Waals surface area contributed by atoms with Crippen LogP contribution in [0.15, 0.2) is 18.2 Å². The zero-order valence-electron chi connectivity index (χ0n) is 12.2. The van der Waals surface area contributed by atoms with Crippen molar-refractivity contribution in [1.82, 2.24) is 0 Å². The van der Waals surface area contributed by atoms with Gasteiger partial charge < -0.3 is 14.7 Å². The lowest BCUT2D eigenvalue weighted by Crippen LogP contribution is -2.30. The van der Waals surface area contributed by atoms with Crippen molar-refractivity contribution in [3.8, 4) is 0 Å². The Hall–Kier alpha value is -0.770. The minimum atomic E-state index is -0.543. The van der Waals surface area contributed by atoms with Gasteiger partial charge in [-0.25, -0.2) is 0 Å². The molecule has 0 fully saturated rings. The van der Waals surface area contributed by atoms with Crippen molar-refractivity contribution in [1.29, 1.82) is 0 Å². The molecule has 0 aliphatic carbocycles. The SMILES string of the molecule is COCCN(CC(C)C)c1ccc(C(C)O)c(Cl)c1. The van der Waals surface area contributed by atoms with Gasteiger partial charge >= 0.3 is 0 Å². The lowest BCUT2D eigenvalue weighted by molar-refractivity contribution is 0.199. The van der Waals surface area contributed by atoms with Crippen LogP contribution < -0.4 is 4.90 Å². The number of hydrogen-bond acceptors (Lipinski definition) is 3. The van der Waals surface area contributed by atoms with E-state index in [0.717, 1.165) is 24.3 Å². The van der Waals surface area contributed by atoms with E-state index in [1.54, 1.807) is 14.0 Å². The molecule has 1 aromatic carbocycles. The number of hydrogen-bond donors (Lipinski definition) is 1. The molecule has 1 atom stereocenters. The zero-order chi connectivity index (χ0) is 14.4. The van der Waals surface area contributed by atoms with E-state index in [1.165, 1.54) is 0 Å². The lowest BCUT2D eigenvalue weighted by atomic mass is 10.1. The summed E-state index contributed by atoms with van der Waals surface area (Å²) in [5.41, 5.74) is 1.84. The van der Waals surface area contributed by atoms with Gasteiger partial charge in [0.05, 0.1) is 12.7 Å². The van der Waals surface area contributed by atoms with Gasteiger partial charge in [-0.2, -0.15) is 0 Å². The molecule has 0 radical (unpaired) electrons. The van der Waals surface area contributed by atoms with Crippen molar-refractivity contribution < 1.29 is 9.84 Å². The standard InChI is InChI=1S/C15H24ClNO2/c1-11(2)10-17(7-8-19-4)13-5-6-14(12(3)18)15(16)9-13/h5-6,9,11-12,18H,7-8,10H2,1-4H3. The summed E-state index contributed by atoms with van der Waals surface area (Å²) in [6.45, 7) is 8.56. The molecule has 108 valence electrons. The van der Waals surface area contributed by atoms with Crippen LogP contribution in [-0.2, 0) is 4.74 Å². The predicted octanol–water partition coefficient (Wildman–Crippen LogP) is 3.50. The van der Waals surface area contributed by atoms with Gasteiger partial charge in [0.1, 0.15) is 0 Å². The summed E-state index contributed by atoms with van der Waals surface area (Å²) in [4.78, 5) is 2.26. The van der Waals surface area contributed by atoms with E-state index in [9.17, 15) is 5.11 Å². The fraction of sp³-hybridized carbons (Fsp3) is 0.600. The Labute approximate surface area is 121 Å². The predicted molar refractivity (Wildman–Crippen MR) is 81.0 cm³/mol. The van der Waals surface area contributed by atoms with Crippen molar-refractivity contribution in [2.45, 2.75) is 26.9 Å². The molecule has 0 spiro atoms. The van der Waals surface area contributed by atoms with E-state index in [-0.39, 0.29) is 0 Å². The maximum Gasteiger partial charge on any atom is 0.0776 e. The van der Waals surface area contributed by atoms with Gasteiger partial charge in [0, 0.05) is 30.9 Å². The first-order valence-electron chi connectivity index (χ1n) is 6.67. The average molecular weight is 286 g/mol. The van der Waals surface area contributed by atoms with Gasteiger partial charge in [-0.05, 0) is 30.5 Å². The Balaban J connectivity index is 2.92. The number of halogens is 1. The highest BCUT2D eigenvalue weighted by Gasteiger charge is 2.12. The number of benzene rings is 1. The number of methoxy groups -OCH3 is 1. The van der Waals surface area contributed by atoms with Crippen molar-refractivity contribution >= 4 is 17.3 Å². The second-order valence-electron chi connectivity index (χ2n) is 5.21. The molecule has 0 bridgehead atoms. The molecule has 1 aromatic rings. The Morgan fingerprint density at radius 1 is 1.32 bits per heavy atom. The summed E-state index contributed by atoms with van der Waals surface area (Å²) in [6, 6.07) is 5.82. The Kier molecular flexibility index (Phi) is 6.63. The minimum absolute atomic E-state index is 0.543. The van der Waals surface area contributed by atoms with E-state index in [2.05, 4.69) is 18.7 Å². The summed E-state index contributed by atoms with van der Waals surface area (Å²) < 4.78 is 5.15. The Bertz CT molecular complexity index is 394. The molecule has 1 rings (SSSR count). The molecule has 19 heavy (non-hydrogen) atoms. The first-order valence-corrected chi connectivity index (χ1v) is 7.05. The molecule has 1 unspecified atom stereocenters. The van der Waals surface area contributed by atoms with Crippen LogP contribution in [-0.4, -0.2) is 31.9 Å². The van der Waals surface area contributed by atoms with Gasteiger partial charge in [0.15, 0.2) is 0 Å². The summed E-state index contributed by atoms with van der Waals surface area (Å²) in [6.07, 6.45) is -0.543. The minimum Gasteiger partial charge on any atom is -0.389 e. The third-order valence-electron chi connectivity index (χ3n) is 2.95. The Morgan fingerprint density at radius 3 is 2.47 bits per heavy atom. The quantitative estimate of drug-likeness (QED) is 0.832. The number of ether oxygens (including phenoxy) is 1. The van der Waals surface area contributed by atoms with E-state index in [0.29, 0.717) is 17.5 Å². The third kappa shape index (κ3) is 5.01. The van der Waals surface area contributed by atoms with Crippen molar-refractivity contribution in [2.24, 2.45) is 5.92 Å². The van der Waals surface area contributed by atoms with Crippen LogP contribution >= 0.6 is 11.6 Å². The number of nitrogens with zero attached hydrogens (tertiary/aromatic N) is 1. The van der Waals surface area contributed by atoms with Crippen molar-refractivity contribution in [3.05, 3.63) is 28.8 Å². The second-order valence-corrected chi connectivity index (χ2v) is 5.62. The van der Waals surface area contributed by atoms with E-state index >= 15 is 0 Å². The van der Waals surface area contributed by atoms with Crippen LogP contribution in [0.5, 0.6) is 0 Å². The van der Waals surface area contributed by atoms with Crippen LogP contribution in [0.25, 0.3) is 0 Å². The van der Waals surface area contributed by atoms with Gasteiger partial charge in [-0.15, -0.1) is 0 Å². The average Bonchev–Trinajstić information content (AvgIpc) is 2.33. The smallest absolute Gasteiger partial charge is 0.0776 e.